The first-order chi connectivity index (χ1) is 17.1. The van der Waals surface area contributed by atoms with Crippen LogP contribution < -0.4 is 15.8 Å². The van der Waals surface area contributed by atoms with Gasteiger partial charge < -0.3 is 15.8 Å². The van der Waals surface area contributed by atoms with Gasteiger partial charge in [0.2, 0.25) is 0 Å². The number of carbonyl (C=O) groups is 2. The summed E-state index contributed by atoms with van der Waals surface area (Å²) in [5.74, 6) is 0.411. The third-order valence-electron chi connectivity index (χ3n) is 5.93. The summed E-state index contributed by atoms with van der Waals surface area (Å²) in [6, 6.07) is 26.6. The Labute approximate surface area is 208 Å². The molecule has 7 heteroatoms. The number of fused-ring (bicyclic) bond motifs is 1. The molecule has 4 aromatic rings. The van der Waals surface area contributed by atoms with Crippen molar-refractivity contribution in [1.29, 1.82) is 0 Å². The number of hydrogen-bond donors (Lipinski definition) is 2. The van der Waals surface area contributed by atoms with Gasteiger partial charge in [0.25, 0.3) is 11.8 Å². The van der Waals surface area contributed by atoms with Crippen molar-refractivity contribution in [2.24, 2.45) is 5.73 Å². The summed E-state index contributed by atoms with van der Waals surface area (Å²) in [6.45, 7) is 2.37. The lowest BCUT2D eigenvalue weighted by Gasteiger charge is -2.27. The summed E-state index contributed by atoms with van der Waals surface area (Å²) in [5, 5.41) is 3.43. The van der Waals surface area contributed by atoms with E-state index in [4.69, 9.17) is 10.5 Å². The average molecular weight is 484 g/mol. The molecule has 35 heavy (non-hydrogen) atoms. The minimum absolute atomic E-state index is 0.314. The highest BCUT2D eigenvalue weighted by atomic mass is 32.1. The molecule has 0 bridgehead atoms. The Hall–Kier alpha value is -3.94. The summed E-state index contributed by atoms with van der Waals surface area (Å²) in [4.78, 5) is 28.8. The van der Waals surface area contributed by atoms with Crippen molar-refractivity contribution in [3.05, 3.63) is 112 Å². The van der Waals surface area contributed by atoms with E-state index in [-0.39, 0.29) is 5.91 Å². The first kappa shape index (κ1) is 22.8. The molecule has 0 saturated heterocycles. The molecular weight excluding hydrogens is 458 g/mol. The molecule has 176 valence electrons. The second kappa shape index (κ2) is 10.1. The molecule has 1 aromatic heterocycles. The lowest BCUT2D eigenvalue weighted by Crippen LogP contribution is -2.30. The van der Waals surface area contributed by atoms with E-state index in [0.29, 0.717) is 40.6 Å². The molecule has 1 aliphatic heterocycles. The summed E-state index contributed by atoms with van der Waals surface area (Å²) < 4.78 is 5.85. The van der Waals surface area contributed by atoms with Crippen LogP contribution in [0.1, 0.15) is 36.7 Å². The molecular formula is C28H25N3O3S. The van der Waals surface area contributed by atoms with Crippen LogP contribution in [0.25, 0.3) is 0 Å². The Kier molecular flexibility index (Phi) is 6.61. The zero-order valence-electron chi connectivity index (χ0n) is 19.1. The molecule has 3 N–H and O–H groups in total. The van der Waals surface area contributed by atoms with E-state index in [0.717, 1.165) is 23.5 Å². The molecule has 0 radical (unpaired) electrons. The van der Waals surface area contributed by atoms with Gasteiger partial charge in [-0.05, 0) is 47.9 Å². The monoisotopic (exact) mass is 483 g/mol. The van der Waals surface area contributed by atoms with Crippen molar-refractivity contribution in [2.45, 2.75) is 19.5 Å². The van der Waals surface area contributed by atoms with Gasteiger partial charge in [0.1, 0.15) is 16.5 Å². The van der Waals surface area contributed by atoms with Crippen molar-refractivity contribution in [3.8, 4) is 11.5 Å². The molecule has 0 atom stereocenters. The first-order valence-corrected chi connectivity index (χ1v) is 12.2. The fraction of sp³-hybridized carbons (Fsp3) is 0.143. The van der Waals surface area contributed by atoms with Gasteiger partial charge in [-0.25, -0.2) is 0 Å². The summed E-state index contributed by atoms with van der Waals surface area (Å²) in [6.07, 6.45) is 0.715. The Bertz CT molecular complexity index is 1350. The maximum atomic E-state index is 13.1. The highest BCUT2D eigenvalue weighted by molar-refractivity contribution is 7.17. The van der Waals surface area contributed by atoms with Crippen molar-refractivity contribution in [3.63, 3.8) is 0 Å². The van der Waals surface area contributed by atoms with E-state index in [9.17, 15) is 9.59 Å². The van der Waals surface area contributed by atoms with Crippen LogP contribution in [0.5, 0.6) is 11.5 Å². The topological polar surface area (TPSA) is 84.7 Å². The smallest absolute Gasteiger partial charge is 0.256 e. The number of anilines is 1. The molecule has 0 spiro atoms. The molecule has 2 heterocycles. The Morgan fingerprint density at radius 3 is 2.40 bits per heavy atom. The molecule has 5 rings (SSSR count). The fourth-order valence-corrected chi connectivity index (χ4v) is 5.57. The van der Waals surface area contributed by atoms with Crippen molar-refractivity contribution in [1.82, 2.24) is 4.90 Å². The minimum Gasteiger partial charge on any atom is -0.457 e. The summed E-state index contributed by atoms with van der Waals surface area (Å²) in [5.41, 5.74) is 8.80. The van der Waals surface area contributed by atoms with Crippen LogP contribution in [0.15, 0.2) is 84.9 Å². The number of thiophene rings is 1. The van der Waals surface area contributed by atoms with E-state index >= 15 is 0 Å². The van der Waals surface area contributed by atoms with Crippen LogP contribution in [0, 0.1) is 0 Å². The molecule has 0 unspecified atom stereocenters. The van der Waals surface area contributed by atoms with Crippen molar-refractivity contribution >= 4 is 28.2 Å². The van der Waals surface area contributed by atoms with Gasteiger partial charge >= 0.3 is 0 Å². The van der Waals surface area contributed by atoms with E-state index in [1.165, 1.54) is 16.9 Å². The van der Waals surface area contributed by atoms with Gasteiger partial charge in [-0.15, -0.1) is 11.3 Å². The molecule has 6 nitrogen and oxygen atoms in total. The Morgan fingerprint density at radius 1 is 0.943 bits per heavy atom. The summed E-state index contributed by atoms with van der Waals surface area (Å²) >= 11 is 1.43. The van der Waals surface area contributed by atoms with Gasteiger partial charge in [-0.3, -0.25) is 14.5 Å². The second-order valence-electron chi connectivity index (χ2n) is 8.42. The number of benzene rings is 3. The average Bonchev–Trinajstić information content (AvgIpc) is 3.22. The number of nitrogens with zero attached hydrogens (tertiary/aromatic N) is 1. The zero-order chi connectivity index (χ0) is 24.2. The van der Waals surface area contributed by atoms with Gasteiger partial charge in [0.15, 0.2) is 0 Å². The third-order valence-corrected chi connectivity index (χ3v) is 7.07. The van der Waals surface area contributed by atoms with Crippen LogP contribution >= 0.6 is 11.3 Å². The largest absolute Gasteiger partial charge is 0.457 e. The summed E-state index contributed by atoms with van der Waals surface area (Å²) in [7, 11) is 0. The minimum atomic E-state index is -0.518. The maximum Gasteiger partial charge on any atom is 0.256 e. The van der Waals surface area contributed by atoms with Gasteiger partial charge in [-0.1, -0.05) is 54.6 Å². The fourth-order valence-electron chi connectivity index (χ4n) is 4.28. The Balaban J connectivity index is 1.34. The van der Waals surface area contributed by atoms with Crippen LogP contribution in [-0.4, -0.2) is 23.3 Å². The SMILES string of the molecule is NC(=O)c1c(NC(=O)c2cccc(Oc3ccccc3)c2)sc2c1CCN(Cc1ccccc1)C2. The quantitative estimate of drug-likeness (QED) is 0.366. The van der Waals surface area contributed by atoms with Crippen LogP contribution in [0.4, 0.5) is 5.00 Å². The van der Waals surface area contributed by atoms with Gasteiger partial charge in [0.05, 0.1) is 5.56 Å². The third kappa shape index (κ3) is 5.26. The molecule has 0 fully saturated rings. The van der Waals surface area contributed by atoms with Crippen LogP contribution in [0.2, 0.25) is 0 Å². The Morgan fingerprint density at radius 2 is 1.66 bits per heavy atom. The number of rotatable bonds is 7. The van der Waals surface area contributed by atoms with Crippen LogP contribution in [-0.2, 0) is 19.5 Å². The van der Waals surface area contributed by atoms with E-state index in [1.54, 1.807) is 24.3 Å². The van der Waals surface area contributed by atoms with E-state index in [2.05, 4.69) is 22.3 Å². The molecule has 3 aromatic carbocycles. The van der Waals surface area contributed by atoms with Crippen LogP contribution in [0.3, 0.4) is 0 Å². The number of amides is 2. The number of primary amides is 1. The highest BCUT2D eigenvalue weighted by Crippen LogP contribution is 2.37. The molecule has 0 aliphatic carbocycles. The number of nitrogens with two attached hydrogens (primary N) is 1. The predicted molar refractivity (Wildman–Crippen MR) is 138 cm³/mol. The predicted octanol–water partition coefficient (Wildman–Crippen LogP) is 5.45. The number of carbonyl (C=O) groups excluding carboxylic acids is 2. The van der Waals surface area contributed by atoms with Gasteiger partial charge in [-0.2, -0.15) is 0 Å². The van der Waals surface area contributed by atoms with Crippen molar-refractivity contribution in [2.75, 3.05) is 11.9 Å². The normalized spacial score (nSPS) is 13.1. The lowest BCUT2D eigenvalue weighted by atomic mass is 10.0. The molecule has 0 saturated carbocycles. The number of para-hydroxylation sites is 1. The first-order valence-electron chi connectivity index (χ1n) is 11.4. The van der Waals surface area contributed by atoms with E-state index in [1.807, 2.05) is 48.5 Å². The highest BCUT2D eigenvalue weighted by Gasteiger charge is 2.28. The number of hydrogen-bond acceptors (Lipinski definition) is 5. The van der Waals surface area contributed by atoms with Gasteiger partial charge in [0, 0.05) is 30.1 Å². The van der Waals surface area contributed by atoms with E-state index < -0.39 is 5.91 Å². The molecule has 2 amide bonds. The molecule has 1 aliphatic rings. The number of nitrogens with one attached hydrogen (secondary N) is 1. The number of ether oxygens (including phenoxy) is 1. The standard InChI is InChI=1S/C28H25N3O3S/c29-26(32)25-23-14-15-31(17-19-8-3-1-4-9-19)18-24(23)35-28(25)30-27(33)20-10-7-13-22(16-20)34-21-11-5-2-6-12-21/h1-13,16H,14-15,17-18H2,(H2,29,32)(H,30,33). The second-order valence-corrected chi connectivity index (χ2v) is 9.52. The van der Waals surface area contributed by atoms with Crippen molar-refractivity contribution < 1.29 is 14.3 Å². The maximum absolute atomic E-state index is 13.1. The zero-order valence-corrected chi connectivity index (χ0v) is 19.9. The lowest BCUT2D eigenvalue weighted by molar-refractivity contribution is 0.0999.